The van der Waals surface area contributed by atoms with Gasteiger partial charge in [-0.3, -0.25) is 14.9 Å². The molecular formula is C12H13F2N3O3. The van der Waals surface area contributed by atoms with Crippen molar-refractivity contribution in [3.05, 3.63) is 39.4 Å². The number of benzene rings is 1. The lowest BCUT2D eigenvalue weighted by molar-refractivity contribution is -0.385. The molecule has 6 nitrogen and oxygen atoms in total. The second-order valence-corrected chi connectivity index (χ2v) is 4.52. The molecule has 8 heteroatoms. The number of carbonyl (C=O) groups excluding carboxylic acids is 1. The van der Waals surface area contributed by atoms with Crippen LogP contribution >= 0.6 is 0 Å². The summed E-state index contributed by atoms with van der Waals surface area (Å²) >= 11 is 0. The van der Waals surface area contributed by atoms with Crippen LogP contribution in [0.15, 0.2) is 12.1 Å². The summed E-state index contributed by atoms with van der Waals surface area (Å²) in [6.45, 7) is 0.777. The molecule has 1 fully saturated rings. The van der Waals surface area contributed by atoms with E-state index in [4.69, 9.17) is 0 Å². The number of nitro groups is 1. The summed E-state index contributed by atoms with van der Waals surface area (Å²) in [5.41, 5.74) is -1.24. The molecule has 0 saturated heterocycles. The first-order valence-corrected chi connectivity index (χ1v) is 6.14. The molecule has 1 aliphatic carbocycles. The van der Waals surface area contributed by atoms with E-state index < -0.39 is 33.7 Å². The molecular weight excluding hydrogens is 272 g/mol. The van der Waals surface area contributed by atoms with Crippen molar-refractivity contribution >= 4 is 11.6 Å². The van der Waals surface area contributed by atoms with Gasteiger partial charge in [0.15, 0.2) is 11.6 Å². The van der Waals surface area contributed by atoms with E-state index in [1.165, 1.54) is 0 Å². The van der Waals surface area contributed by atoms with Gasteiger partial charge in [-0.2, -0.15) is 0 Å². The highest BCUT2D eigenvalue weighted by Crippen LogP contribution is 2.22. The standard InChI is InChI=1S/C12H13F2N3O3/c13-9-5-8(11(17(19)20)6-10(9)14)12(18)16-4-3-15-7-1-2-7/h5-7,15H,1-4H2,(H,16,18). The van der Waals surface area contributed by atoms with Crippen molar-refractivity contribution in [1.82, 2.24) is 10.6 Å². The second kappa shape index (κ2) is 5.91. The Labute approximate surface area is 113 Å². The van der Waals surface area contributed by atoms with Crippen LogP contribution in [-0.4, -0.2) is 30.0 Å². The molecule has 0 aliphatic heterocycles. The molecule has 2 N–H and O–H groups in total. The molecule has 108 valence electrons. The Bertz CT molecular complexity index is 547. The maximum atomic E-state index is 13.1. The van der Waals surface area contributed by atoms with E-state index in [0.717, 1.165) is 12.8 Å². The Kier molecular flexibility index (Phi) is 4.23. The first-order chi connectivity index (χ1) is 9.49. The zero-order valence-corrected chi connectivity index (χ0v) is 10.5. The minimum atomic E-state index is -1.36. The van der Waals surface area contributed by atoms with Gasteiger partial charge in [0.1, 0.15) is 5.56 Å². The highest BCUT2D eigenvalue weighted by molar-refractivity contribution is 5.98. The van der Waals surface area contributed by atoms with Crippen molar-refractivity contribution in [2.24, 2.45) is 0 Å². The van der Waals surface area contributed by atoms with Crippen LogP contribution in [0.5, 0.6) is 0 Å². The number of nitrogens with one attached hydrogen (secondary N) is 2. The summed E-state index contributed by atoms with van der Waals surface area (Å²) in [4.78, 5) is 21.6. The smallest absolute Gasteiger partial charge is 0.285 e. The lowest BCUT2D eigenvalue weighted by Crippen LogP contribution is -2.33. The van der Waals surface area contributed by atoms with E-state index >= 15 is 0 Å². The number of nitrogens with zero attached hydrogens (tertiary/aromatic N) is 1. The van der Waals surface area contributed by atoms with Crippen molar-refractivity contribution in [2.45, 2.75) is 18.9 Å². The summed E-state index contributed by atoms with van der Waals surface area (Å²) in [6, 6.07) is 1.42. The summed E-state index contributed by atoms with van der Waals surface area (Å²) < 4.78 is 26.1. The number of halogens is 2. The molecule has 20 heavy (non-hydrogen) atoms. The zero-order chi connectivity index (χ0) is 14.7. The Morgan fingerprint density at radius 3 is 2.55 bits per heavy atom. The van der Waals surface area contributed by atoms with Crippen LogP contribution in [0.4, 0.5) is 14.5 Å². The lowest BCUT2D eigenvalue weighted by Gasteiger charge is -2.07. The number of amides is 1. The largest absolute Gasteiger partial charge is 0.351 e. The fraction of sp³-hybridized carbons (Fsp3) is 0.417. The maximum Gasteiger partial charge on any atom is 0.285 e. The van der Waals surface area contributed by atoms with E-state index in [0.29, 0.717) is 24.7 Å². The Hall–Kier alpha value is -2.09. The van der Waals surface area contributed by atoms with Crippen LogP contribution in [0.2, 0.25) is 0 Å². The molecule has 0 aromatic heterocycles. The third-order valence-corrected chi connectivity index (χ3v) is 2.90. The molecule has 1 saturated carbocycles. The van der Waals surface area contributed by atoms with Crippen molar-refractivity contribution < 1.29 is 18.5 Å². The van der Waals surface area contributed by atoms with Gasteiger partial charge in [0, 0.05) is 19.1 Å². The minimum Gasteiger partial charge on any atom is -0.351 e. The molecule has 0 radical (unpaired) electrons. The van der Waals surface area contributed by atoms with Gasteiger partial charge in [0.2, 0.25) is 0 Å². The first-order valence-electron chi connectivity index (χ1n) is 6.14. The third-order valence-electron chi connectivity index (χ3n) is 2.90. The summed E-state index contributed by atoms with van der Waals surface area (Å²) in [6.07, 6.45) is 2.20. The number of hydrogen-bond donors (Lipinski definition) is 2. The number of nitro benzene ring substituents is 1. The predicted molar refractivity (Wildman–Crippen MR) is 66.4 cm³/mol. The lowest BCUT2D eigenvalue weighted by atomic mass is 10.1. The van der Waals surface area contributed by atoms with Crippen LogP contribution < -0.4 is 10.6 Å². The quantitative estimate of drug-likeness (QED) is 0.469. The van der Waals surface area contributed by atoms with Gasteiger partial charge in [-0.15, -0.1) is 0 Å². The third kappa shape index (κ3) is 3.47. The molecule has 0 heterocycles. The van der Waals surface area contributed by atoms with Gasteiger partial charge in [-0.1, -0.05) is 0 Å². The highest BCUT2D eigenvalue weighted by Gasteiger charge is 2.24. The molecule has 1 aliphatic rings. The second-order valence-electron chi connectivity index (χ2n) is 4.52. The van der Waals surface area contributed by atoms with E-state index in [9.17, 15) is 23.7 Å². The molecule has 2 rings (SSSR count). The average molecular weight is 285 g/mol. The minimum absolute atomic E-state index is 0.255. The van der Waals surface area contributed by atoms with Crippen LogP contribution in [0.25, 0.3) is 0 Å². The zero-order valence-electron chi connectivity index (χ0n) is 10.5. The molecule has 0 spiro atoms. The number of hydrogen-bond acceptors (Lipinski definition) is 4. The summed E-state index contributed by atoms with van der Waals surface area (Å²) in [5, 5.41) is 16.3. The van der Waals surface area contributed by atoms with E-state index in [2.05, 4.69) is 10.6 Å². The van der Waals surface area contributed by atoms with Gasteiger partial charge < -0.3 is 10.6 Å². The van der Waals surface area contributed by atoms with E-state index in [-0.39, 0.29) is 6.54 Å². The van der Waals surface area contributed by atoms with Gasteiger partial charge in [-0.25, -0.2) is 8.78 Å². The van der Waals surface area contributed by atoms with Crippen LogP contribution in [0, 0.1) is 21.7 Å². The molecule has 1 aromatic rings. The van der Waals surface area contributed by atoms with Crippen molar-refractivity contribution in [2.75, 3.05) is 13.1 Å². The number of rotatable bonds is 6. The summed E-state index contributed by atoms with van der Waals surface area (Å²) in [5.74, 6) is -3.45. The van der Waals surface area contributed by atoms with Gasteiger partial charge in [0.25, 0.3) is 11.6 Å². The monoisotopic (exact) mass is 285 g/mol. The van der Waals surface area contributed by atoms with E-state index in [1.54, 1.807) is 0 Å². The Balaban J connectivity index is 2.03. The molecule has 0 atom stereocenters. The molecule has 1 aromatic carbocycles. The summed E-state index contributed by atoms with van der Waals surface area (Å²) in [7, 11) is 0. The maximum absolute atomic E-state index is 13.1. The Morgan fingerprint density at radius 1 is 1.30 bits per heavy atom. The van der Waals surface area contributed by atoms with Crippen LogP contribution in [0.1, 0.15) is 23.2 Å². The van der Waals surface area contributed by atoms with Crippen molar-refractivity contribution in [3.63, 3.8) is 0 Å². The predicted octanol–water partition coefficient (Wildman–Crippen LogP) is 1.35. The molecule has 0 unspecified atom stereocenters. The van der Waals surface area contributed by atoms with Crippen LogP contribution in [0.3, 0.4) is 0 Å². The van der Waals surface area contributed by atoms with Gasteiger partial charge >= 0.3 is 0 Å². The normalized spacial score (nSPS) is 14.1. The topological polar surface area (TPSA) is 84.3 Å². The Morgan fingerprint density at radius 2 is 1.95 bits per heavy atom. The van der Waals surface area contributed by atoms with Crippen LogP contribution in [-0.2, 0) is 0 Å². The van der Waals surface area contributed by atoms with Crippen molar-refractivity contribution in [1.29, 1.82) is 0 Å². The average Bonchev–Trinajstić information content (AvgIpc) is 3.21. The first kappa shape index (κ1) is 14.3. The molecule has 0 bridgehead atoms. The van der Waals surface area contributed by atoms with Gasteiger partial charge in [0.05, 0.1) is 11.0 Å². The fourth-order valence-electron chi connectivity index (χ4n) is 1.70. The SMILES string of the molecule is O=C(NCCNC1CC1)c1cc(F)c(F)cc1[N+](=O)[O-]. The number of carbonyl (C=O) groups is 1. The molecule has 1 amide bonds. The van der Waals surface area contributed by atoms with Gasteiger partial charge in [-0.05, 0) is 18.9 Å². The highest BCUT2D eigenvalue weighted by atomic mass is 19.2. The van der Waals surface area contributed by atoms with Crippen molar-refractivity contribution in [3.8, 4) is 0 Å². The fourth-order valence-corrected chi connectivity index (χ4v) is 1.70. The van der Waals surface area contributed by atoms with E-state index in [1.807, 2.05) is 0 Å².